The fraction of sp³-hybridized carbons (Fsp3) is 0.238. The summed E-state index contributed by atoms with van der Waals surface area (Å²) in [7, 11) is 0. The summed E-state index contributed by atoms with van der Waals surface area (Å²) in [5.74, 6) is 1.18. The lowest BCUT2D eigenvalue weighted by atomic mass is 10.1. The number of pyridine rings is 2. The van der Waals surface area contributed by atoms with Crippen LogP contribution in [0.25, 0.3) is 5.78 Å². The second-order valence-corrected chi connectivity index (χ2v) is 7.56. The lowest BCUT2D eigenvalue weighted by molar-refractivity contribution is -0.115. The minimum atomic E-state index is -0.218. The van der Waals surface area contributed by atoms with Crippen LogP contribution in [0.2, 0.25) is 0 Å². The van der Waals surface area contributed by atoms with Crippen LogP contribution in [0.1, 0.15) is 22.5 Å². The zero-order valence-corrected chi connectivity index (χ0v) is 18.2. The number of rotatable bonds is 7. The molecule has 0 atom stereocenters. The van der Waals surface area contributed by atoms with Crippen LogP contribution < -0.4 is 10.1 Å². The van der Waals surface area contributed by atoms with Crippen molar-refractivity contribution in [1.82, 2.24) is 29.5 Å². The van der Waals surface area contributed by atoms with Gasteiger partial charge in [0.1, 0.15) is 6.61 Å². The molecule has 0 fully saturated rings. The Morgan fingerprint density at radius 1 is 1.16 bits per heavy atom. The number of aryl methyl sites for hydroxylation is 2. The molecule has 0 saturated carbocycles. The summed E-state index contributed by atoms with van der Waals surface area (Å²) in [6, 6.07) is 7.27. The van der Waals surface area contributed by atoms with Crippen molar-refractivity contribution in [2.24, 2.45) is 0 Å². The topological polar surface area (TPSA) is 107 Å². The number of aromatic nitrogens is 6. The predicted molar refractivity (Wildman–Crippen MR) is 117 cm³/mol. The maximum atomic E-state index is 12.8. The maximum absolute atomic E-state index is 12.8. The quantitative estimate of drug-likeness (QED) is 0.442. The Labute approximate surface area is 183 Å². The van der Waals surface area contributed by atoms with Gasteiger partial charge in [-0.25, -0.2) is 14.5 Å². The molecular weight excluding hydrogens is 414 g/mol. The number of fused-ring (bicyclic) bond motifs is 1. The highest BCUT2D eigenvalue weighted by Gasteiger charge is 2.17. The predicted octanol–water partition coefficient (Wildman–Crippen LogP) is 3.01. The molecule has 0 spiro atoms. The molecule has 31 heavy (non-hydrogen) atoms. The van der Waals surface area contributed by atoms with E-state index in [2.05, 4.69) is 30.4 Å². The van der Waals surface area contributed by atoms with Crippen molar-refractivity contribution < 1.29 is 9.53 Å². The third kappa shape index (κ3) is 4.64. The normalized spacial score (nSPS) is 10.9. The first kappa shape index (κ1) is 20.7. The van der Waals surface area contributed by atoms with Gasteiger partial charge in [0.2, 0.25) is 11.1 Å². The Hall–Kier alpha value is -3.53. The molecule has 0 aliphatic rings. The van der Waals surface area contributed by atoms with Crippen molar-refractivity contribution in [3.8, 4) is 5.75 Å². The van der Waals surface area contributed by atoms with E-state index >= 15 is 0 Å². The Bertz CT molecular complexity index is 1230. The molecule has 4 heterocycles. The molecule has 0 aliphatic carbocycles. The van der Waals surface area contributed by atoms with Gasteiger partial charge in [-0.2, -0.15) is 4.98 Å². The molecule has 4 aromatic heterocycles. The van der Waals surface area contributed by atoms with Gasteiger partial charge in [0.15, 0.2) is 11.6 Å². The average molecular weight is 436 g/mol. The largest absolute Gasteiger partial charge is 0.485 e. The number of ether oxygens (including phenoxy) is 1. The highest BCUT2D eigenvalue weighted by atomic mass is 32.2. The van der Waals surface area contributed by atoms with Crippen LogP contribution in [0.5, 0.6) is 5.75 Å². The van der Waals surface area contributed by atoms with Crippen LogP contribution in [0.3, 0.4) is 0 Å². The smallest absolute Gasteiger partial charge is 0.253 e. The Balaban J connectivity index is 1.50. The SMILES string of the molecule is CSc1nc2nc(C)c(CC(=O)Nc3ncccc3OCc3ccncc3)c(C)n2n1. The summed E-state index contributed by atoms with van der Waals surface area (Å²) in [5, 5.41) is 7.92. The monoisotopic (exact) mass is 435 g/mol. The molecule has 10 heteroatoms. The number of carbonyl (C=O) groups excluding carboxylic acids is 1. The zero-order chi connectivity index (χ0) is 21.8. The first-order chi connectivity index (χ1) is 15.0. The molecule has 158 valence electrons. The first-order valence-electron chi connectivity index (χ1n) is 9.58. The van der Waals surface area contributed by atoms with Gasteiger partial charge in [-0.15, -0.1) is 5.10 Å². The highest BCUT2D eigenvalue weighted by Crippen LogP contribution is 2.23. The van der Waals surface area contributed by atoms with Gasteiger partial charge in [-0.1, -0.05) is 11.8 Å². The second-order valence-electron chi connectivity index (χ2n) is 6.79. The van der Waals surface area contributed by atoms with Gasteiger partial charge in [0, 0.05) is 35.5 Å². The third-order valence-electron chi connectivity index (χ3n) is 4.72. The number of nitrogens with one attached hydrogen (secondary N) is 1. The van der Waals surface area contributed by atoms with E-state index in [1.54, 1.807) is 35.2 Å². The van der Waals surface area contributed by atoms with Crippen LogP contribution >= 0.6 is 11.8 Å². The molecule has 1 amide bonds. The highest BCUT2D eigenvalue weighted by molar-refractivity contribution is 7.98. The van der Waals surface area contributed by atoms with E-state index in [4.69, 9.17) is 4.74 Å². The van der Waals surface area contributed by atoms with E-state index in [1.165, 1.54) is 11.8 Å². The summed E-state index contributed by atoms with van der Waals surface area (Å²) in [6.45, 7) is 4.13. The van der Waals surface area contributed by atoms with Crippen LogP contribution in [0, 0.1) is 13.8 Å². The van der Waals surface area contributed by atoms with Crippen molar-refractivity contribution in [3.63, 3.8) is 0 Å². The second kappa shape index (κ2) is 9.09. The third-order valence-corrected chi connectivity index (χ3v) is 5.26. The lowest BCUT2D eigenvalue weighted by Gasteiger charge is -2.13. The van der Waals surface area contributed by atoms with Crippen LogP contribution in [-0.4, -0.2) is 41.7 Å². The minimum Gasteiger partial charge on any atom is -0.485 e. The van der Waals surface area contributed by atoms with E-state index in [9.17, 15) is 4.79 Å². The first-order valence-corrected chi connectivity index (χ1v) is 10.8. The fourth-order valence-corrected chi connectivity index (χ4v) is 3.45. The number of hydrogen-bond donors (Lipinski definition) is 1. The summed E-state index contributed by atoms with van der Waals surface area (Å²) in [5.41, 5.74) is 3.35. The van der Waals surface area contributed by atoms with Crippen molar-refractivity contribution in [1.29, 1.82) is 0 Å². The summed E-state index contributed by atoms with van der Waals surface area (Å²) in [4.78, 5) is 29.9. The molecule has 1 N–H and O–H groups in total. The van der Waals surface area contributed by atoms with Gasteiger partial charge in [0.25, 0.3) is 5.78 Å². The van der Waals surface area contributed by atoms with Gasteiger partial charge < -0.3 is 10.1 Å². The molecular formula is C21H21N7O2S. The number of nitrogens with zero attached hydrogens (tertiary/aromatic N) is 6. The van der Waals surface area contributed by atoms with E-state index < -0.39 is 0 Å². The molecule has 0 unspecified atom stereocenters. The Morgan fingerprint density at radius 3 is 2.74 bits per heavy atom. The standard InChI is InChI=1S/C21H21N7O2S/c1-13-16(14(2)28-20(24-13)26-21(27-28)31-3)11-18(29)25-19-17(5-4-8-23-19)30-12-15-6-9-22-10-7-15/h4-10H,11-12H2,1-3H3,(H,23,25,29). The van der Waals surface area contributed by atoms with Crippen molar-refractivity contribution >= 4 is 29.3 Å². The van der Waals surface area contributed by atoms with Gasteiger partial charge >= 0.3 is 0 Å². The van der Waals surface area contributed by atoms with E-state index in [0.717, 1.165) is 22.5 Å². The van der Waals surface area contributed by atoms with Gasteiger partial charge in [0.05, 0.1) is 6.42 Å². The van der Waals surface area contributed by atoms with Crippen molar-refractivity contribution in [2.45, 2.75) is 32.0 Å². The summed E-state index contributed by atoms with van der Waals surface area (Å²) in [6.07, 6.45) is 7.06. The number of anilines is 1. The van der Waals surface area contributed by atoms with E-state index in [-0.39, 0.29) is 12.3 Å². The van der Waals surface area contributed by atoms with Crippen LogP contribution in [0.4, 0.5) is 5.82 Å². The molecule has 0 bridgehead atoms. The minimum absolute atomic E-state index is 0.134. The molecule has 0 saturated heterocycles. The van der Waals surface area contributed by atoms with Gasteiger partial charge in [-0.05, 0) is 49.9 Å². The number of carbonyl (C=O) groups is 1. The Morgan fingerprint density at radius 2 is 1.97 bits per heavy atom. The fourth-order valence-electron chi connectivity index (χ4n) is 3.11. The lowest BCUT2D eigenvalue weighted by Crippen LogP contribution is -2.19. The Kier molecular flexibility index (Phi) is 6.08. The molecule has 9 nitrogen and oxygen atoms in total. The molecule has 0 aliphatic heterocycles. The summed E-state index contributed by atoms with van der Waals surface area (Å²) >= 11 is 1.45. The van der Waals surface area contributed by atoms with Crippen LogP contribution in [0.15, 0.2) is 48.0 Å². The number of thioether (sulfide) groups is 1. The van der Waals surface area contributed by atoms with Crippen molar-refractivity contribution in [2.75, 3.05) is 11.6 Å². The van der Waals surface area contributed by atoms with Crippen molar-refractivity contribution in [3.05, 3.63) is 65.4 Å². The molecule has 0 radical (unpaired) electrons. The number of hydrogen-bond acceptors (Lipinski definition) is 8. The molecule has 4 rings (SSSR count). The van der Waals surface area contributed by atoms with Crippen LogP contribution in [-0.2, 0) is 17.8 Å². The number of amides is 1. The molecule has 0 aromatic carbocycles. The zero-order valence-electron chi connectivity index (χ0n) is 17.4. The summed E-state index contributed by atoms with van der Waals surface area (Å²) < 4.78 is 7.52. The average Bonchev–Trinajstić information content (AvgIpc) is 3.20. The van der Waals surface area contributed by atoms with E-state index in [0.29, 0.717) is 29.1 Å². The molecule has 4 aromatic rings. The maximum Gasteiger partial charge on any atom is 0.253 e. The van der Waals surface area contributed by atoms with Gasteiger partial charge in [-0.3, -0.25) is 9.78 Å². The van der Waals surface area contributed by atoms with E-state index in [1.807, 2.05) is 32.2 Å².